The molecular weight excluding hydrogens is 370 g/mol. The quantitative estimate of drug-likeness (QED) is 0.539. The van der Waals surface area contributed by atoms with Gasteiger partial charge in [-0.15, -0.1) is 0 Å². The Kier molecular flexibility index (Phi) is 5.84. The van der Waals surface area contributed by atoms with Crippen molar-refractivity contribution in [3.63, 3.8) is 0 Å². The number of thiocarbonyl (C=S) groups is 1. The van der Waals surface area contributed by atoms with Crippen molar-refractivity contribution in [3.8, 4) is 11.1 Å². The number of alkyl halides is 2. The van der Waals surface area contributed by atoms with E-state index in [-0.39, 0.29) is 18.0 Å². The number of nitrogens with two attached hydrogens (primary N) is 1. The molecule has 1 heterocycles. The van der Waals surface area contributed by atoms with E-state index in [9.17, 15) is 19.0 Å². The van der Waals surface area contributed by atoms with Gasteiger partial charge >= 0.3 is 0 Å². The lowest BCUT2D eigenvalue weighted by Gasteiger charge is -2.10. The van der Waals surface area contributed by atoms with Crippen LogP contribution in [0.5, 0.6) is 0 Å². The van der Waals surface area contributed by atoms with Crippen LogP contribution in [0.2, 0.25) is 0 Å². The number of halogens is 2. The van der Waals surface area contributed by atoms with Gasteiger partial charge in [-0.25, -0.2) is 8.78 Å². The van der Waals surface area contributed by atoms with Crippen LogP contribution in [-0.4, -0.2) is 32.8 Å². The monoisotopic (exact) mass is 390 g/mol. The molecule has 0 bridgehead atoms. The van der Waals surface area contributed by atoms with Gasteiger partial charge in [-0.2, -0.15) is 0 Å². The smallest absolute Gasteiger partial charge is 0.240 e. The van der Waals surface area contributed by atoms with Crippen LogP contribution in [-0.2, 0) is 6.54 Å². The molecule has 3 rings (SSSR count). The SMILES string of the molecule is NC(=S)c1cccc(-c2cn(CCC(F)F)c3cc(C(O)CO)ccc23)c1. The first-order valence-corrected chi connectivity index (χ1v) is 8.91. The summed E-state index contributed by atoms with van der Waals surface area (Å²) in [6.45, 7) is -0.270. The van der Waals surface area contributed by atoms with Gasteiger partial charge in [0.1, 0.15) is 11.1 Å². The molecule has 4 N–H and O–H groups in total. The third kappa shape index (κ3) is 4.16. The average molecular weight is 390 g/mol. The van der Waals surface area contributed by atoms with E-state index >= 15 is 0 Å². The van der Waals surface area contributed by atoms with Crippen LogP contribution in [0.25, 0.3) is 22.0 Å². The first kappa shape index (κ1) is 19.4. The summed E-state index contributed by atoms with van der Waals surface area (Å²) in [6, 6.07) is 12.7. The lowest BCUT2D eigenvalue weighted by molar-refractivity contribution is 0.0957. The zero-order valence-corrected chi connectivity index (χ0v) is 15.3. The largest absolute Gasteiger partial charge is 0.393 e. The standard InChI is InChI=1S/C20H20F2N2O2S/c21-19(22)6-7-24-10-16(12-2-1-3-14(8-12)20(23)27)15-5-4-13(9-17(15)24)18(26)11-25/h1-5,8-10,18-19,25-26H,6-7,11H2,(H2,23,27). The van der Waals surface area contributed by atoms with Crippen LogP contribution in [0, 0.1) is 0 Å². The second-order valence-electron chi connectivity index (χ2n) is 6.34. The maximum Gasteiger partial charge on any atom is 0.240 e. The van der Waals surface area contributed by atoms with Gasteiger partial charge in [0.25, 0.3) is 0 Å². The molecule has 0 spiro atoms. The van der Waals surface area contributed by atoms with E-state index in [2.05, 4.69) is 0 Å². The summed E-state index contributed by atoms with van der Waals surface area (Å²) < 4.78 is 27.2. The fourth-order valence-electron chi connectivity index (χ4n) is 3.11. The topological polar surface area (TPSA) is 71.4 Å². The molecule has 27 heavy (non-hydrogen) atoms. The molecular formula is C20H20F2N2O2S. The molecule has 0 aliphatic heterocycles. The Labute approximate surface area is 160 Å². The Morgan fingerprint density at radius 1 is 1.19 bits per heavy atom. The predicted octanol–water partition coefficient (Wildman–Crippen LogP) is 3.62. The minimum atomic E-state index is -2.41. The maximum atomic E-state index is 12.7. The number of nitrogens with zero attached hydrogens (tertiary/aromatic N) is 1. The van der Waals surface area contributed by atoms with Gasteiger partial charge < -0.3 is 20.5 Å². The van der Waals surface area contributed by atoms with Crippen molar-refractivity contribution in [2.75, 3.05) is 6.61 Å². The Morgan fingerprint density at radius 3 is 2.63 bits per heavy atom. The normalized spacial score (nSPS) is 12.6. The number of aliphatic hydroxyl groups is 2. The number of hydrogen-bond acceptors (Lipinski definition) is 3. The molecule has 0 saturated heterocycles. The van der Waals surface area contributed by atoms with Crippen molar-refractivity contribution in [3.05, 3.63) is 59.8 Å². The number of aliphatic hydroxyl groups excluding tert-OH is 2. The van der Waals surface area contributed by atoms with E-state index < -0.39 is 19.1 Å². The van der Waals surface area contributed by atoms with Crippen molar-refractivity contribution in [2.24, 2.45) is 5.73 Å². The Balaban J connectivity index is 2.15. The summed E-state index contributed by atoms with van der Waals surface area (Å²) >= 11 is 5.04. The molecule has 142 valence electrons. The van der Waals surface area contributed by atoms with Gasteiger partial charge in [-0.3, -0.25) is 0 Å². The molecule has 0 amide bonds. The lowest BCUT2D eigenvalue weighted by atomic mass is 10.0. The number of hydrogen-bond donors (Lipinski definition) is 3. The molecule has 0 aliphatic rings. The summed E-state index contributed by atoms with van der Waals surface area (Å²) in [4.78, 5) is 0.284. The van der Waals surface area contributed by atoms with Crippen molar-refractivity contribution < 1.29 is 19.0 Å². The maximum absolute atomic E-state index is 12.7. The number of fused-ring (bicyclic) bond motifs is 1. The molecule has 0 aliphatic carbocycles. The number of benzene rings is 2. The minimum absolute atomic E-state index is 0.141. The van der Waals surface area contributed by atoms with E-state index in [1.165, 1.54) is 0 Å². The molecule has 0 fully saturated rings. The minimum Gasteiger partial charge on any atom is -0.393 e. The van der Waals surface area contributed by atoms with Crippen LogP contribution in [0.4, 0.5) is 8.78 Å². The zero-order chi connectivity index (χ0) is 19.6. The van der Waals surface area contributed by atoms with Crippen LogP contribution < -0.4 is 5.73 Å². The van der Waals surface area contributed by atoms with E-state index in [4.69, 9.17) is 18.0 Å². The van der Waals surface area contributed by atoms with Crippen LogP contribution >= 0.6 is 12.2 Å². The Hall–Kier alpha value is -2.35. The Morgan fingerprint density at radius 2 is 1.96 bits per heavy atom. The van der Waals surface area contributed by atoms with E-state index in [0.717, 1.165) is 27.6 Å². The highest BCUT2D eigenvalue weighted by atomic mass is 32.1. The highest BCUT2D eigenvalue weighted by Gasteiger charge is 2.15. The molecule has 1 aromatic heterocycles. The molecule has 4 nitrogen and oxygen atoms in total. The van der Waals surface area contributed by atoms with Crippen molar-refractivity contribution in [1.82, 2.24) is 4.57 Å². The van der Waals surface area contributed by atoms with Gasteiger partial charge in [0, 0.05) is 41.2 Å². The van der Waals surface area contributed by atoms with Crippen molar-refractivity contribution >= 4 is 28.1 Å². The summed E-state index contributed by atoms with van der Waals surface area (Å²) in [5.74, 6) is 0. The first-order chi connectivity index (χ1) is 12.9. The zero-order valence-electron chi connectivity index (χ0n) is 14.5. The summed E-state index contributed by atoms with van der Waals surface area (Å²) in [7, 11) is 0. The number of rotatable bonds is 7. The fraction of sp³-hybridized carbons (Fsp3) is 0.250. The van der Waals surface area contributed by atoms with Gasteiger partial charge in [0.15, 0.2) is 0 Å². The predicted molar refractivity (Wildman–Crippen MR) is 106 cm³/mol. The third-order valence-electron chi connectivity index (χ3n) is 4.51. The van der Waals surface area contributed by atoms with Gasteiger partial charge in [0.2, 0.25) is 6.43 Å². The molecule has 0 saturated carbocycles. The van der Waals surface area contributed by atoms with Gasteiger partial charge in [-0.05, 0) is 23.3 Å². The van der Waals surface area contributed by atoms with Crippen LogP contribution in [0.15, 0.2) is 48.7 Å². The number of aromatic nitrogens is 1. The highest BCUT2D eigenvalue weighted by Crippen LogP contribution is 2.33. The highest BCUT2D eigenvalue weighted by molar-refractivity contribution is 7.80. The summed E-state index contributed by atoms with van der Waals surface area (Å²) in [6.07, 6.45) is -1.88. The summed E-state index contributed by atoms with van der Waals surface area (Å²) in [5, 5.41) is 20.0. The number of aryl methyl sites for hydroxylation is 1. The third-order valence-corrected chi connectivity index (χ3v) is 4.75. The summed E-state index contributed by atoms with van der Waals surface area (Å²) in [5.41, 5.74) is 9.43. The van der Waals surface area contributed by atoms with Gasteiger partial charge in [0.05, 0.1) is 6.61 Å². The van der Waals surface area contributed by atoms with E-state index in [1.807, 2.05) is 36.5 Å². The Bertz CT molecular complexity index is 972. The van der Waals surface area contributed by atoms with Crippen LogP contribution in [0.1, 0.15) is 23.7 Å². The molecule has 0 radical (unpaired) electrons. The molecule has 1 atom stereocenters. The van der Waals surface area contributed by atoms with E-state index in [0.29, 0.717) is 5.56 Å². The molecule has 3 aromatic rings. The van der Waals surface area contributed by atoms with Crippen LogP contribution in [0.3, 0.4) is 0 Å². The fourth-order valence-corrected chi connectivity index (χ4v) is 3.24. The molecule has 7 heteroatoms. The second-order valence-corrected chi connectivity index (χ2v) is 6.78. The first-order valence-electron chi connectivity index (χ1n) is 8.50. The van der Waals surface area contributed by atoms with Crippen molar-refractivity contribution in [2.45, 2.75) is 25.5 Å². The van der Waals surface area contributed by atoms with Gasteiger partial charge in [-0.1, -0.05) is 42.5 Å². The molecule has 1 unspecified atom stereocenters. The van der Waals surface area contributed by atoms with Crippen molar-refractivity contribution in [1.29, 1.82) is 0 Å². The lowest BCUT2D eigenvalue weighted by Crippen LogP contribution is -2.08. The average Bonchev–Trinajstić information content (AvgIpc) is 3.03. The van der Waals surface area contributed by atoms with E-state index in [1.54, 1.807) is 16.7 Å². The second kappa shape index (κ2) is 8.12. The molecule has 2 aromatic carbocycles.